The smallest absolute Gasteiger partial charge is 0.303 e. The third-order valence-electron chi connectivity index (χ3n) is 4.01. The zero-order valence-corrected chi connectivity index (χ0v) is 14.8. The van der Waals surface area contributed by atoms with Gasteiger partial charge >= 0.3 is 5.97 Å². The van der Waals surface area contributed by atoms with E-state index in [4.69, 9.17) is 9.84 Å². The molecule has 0 aliphatic carbocycles. The van der Waals surface area contributed by atoms with Crippen LogP contribution in [-0.4, -0.2) is 34.5 Å². The minimum absolute atomic E-state index is 0.141. The normalized spacial score (nSPS) is 21.9. The van der Waals surface area contributed by atoms with E-state index in [0.29, 0.717) is 12.8 Å². The Morgan fingerprint density at radius 3 is 2.62 bits per heavy atom. The highest BCUT2D eigenvalue weighted by molar-refractivity contribution is 5.66. The van der Waals surface area contributed by atoms with Crippen molar-refractivity contribution in [3.05, 3.63) is 36.5 Å². The maximum absolute atomic E-state index is 10.4. The minimum Gasteiger partial charge on any atom is -0.481 e. The quantitative estimate of drug-likeness (QED) is 0.213. The van der Waals surface area contributed by atoms with Crippen LogP contribution in [0.2, 0.25) is 0 Å². The van der Waals surface area contributed by atoms with Gasteiger partial charge in [-0.2, -0.15) is 0 Å². The zero-order valence-electron chi connectivity index (χ0n) is 14.8. The number of ether oxygens (including phenoxy) is 1. The molecule has 1 fully saturated rings. The summed E-state index contributed by atoms with van der Waals surface area (Å²) < 4.78 is 5.55. The van der Waals surface area contributed by atoms with Crippen molar-refractivity contribution < 1.29 is 19.7 Å². The Morgan fingerprint density at radius 1 is 1.08 bits per heavy atom. The van der Waals surface area contributed by atoms with E-state index in [0.717, 1.165) is 19.3 Å². The molecule has 3 atom stereocenters. The second-order valence-corrected chi connectivity index (χ2v) is 6.32. The molecule has 0 saturated carbocycles. The fourth-order valence-corrected chi connectivity index (χ4v) is 2.51. The summed E-state index contributed by atoms with van der Waals surface area (Å²) in [5.41, 5.74) is 0. The zero-order chi connectivity index (χ0) is 17.6. The summed E-state index contributed by atoms with van der Waals surface area (Å²) in [6.45, 7) is 2.20. The molecule has 0 amide bonds. The average molecular weight is 336 g/mol. The van der Waals surface area contributed by atoms with Crippen LogP contribution in [0.4, 0.5) is 0 Å². The van der Waals surface area contributed by atoms with Crippen LogP contribution in [0, 0.1) is 0 Å². The number of allylic oxidation sites excluding steroid dienone is 4. The lowest BCUT2D eigenvalue weighted by Crippen LogP contribution is -2.07. The highest BCUT2D eigenvalue weighted by atomic mass is 16.6. The van der Waals surface area contributed by atoms with Gasteiger partial charge < -0.3 is 14.9 Å². The monoisotopic (exact) mass is 336 g/mol. The van der Waals surface area contributed by atoms with Gasteiger partial charge in [0.15, 0.2) is 0 Å². The molecule has 2 N–H and O–H groups in total. The molecule has 0 aromatic carbocycles. The summed E-state index contributed by atoms with van der Waals surface area (Å²) in [6, 6.07) is 0. The standard InChI is InChI=1S/C20H32O4/c1-2-3-4-5-6-7-10-13-17(21)16-19-18(24-19)14-11-8-9-12-15-20(22)23/h6-8,10-11,13,17-19,21H,2-5,9,12,14-16H2,1H3,(H,22,23)/b7-6+,11-8+,13-10+/t17-,18+,19-/m0/s1. The molecule has 1 saturated heterocycles. The third kappa shape index (κ3) is 11.2. The maximum atomic E-state index is 10.4. The van der Waals surface area contributed by atoms with E-state index in [1.54, 1.807) is 0 Å². The Bertz CT molecular complexity index is 425. The van der Waals surface area contributed by atoms with Crippen molar-refractivity contribution in [2.45, 2.75) is 83.0 Å². The first-order valence-electron chi connectivity index (χ1n) is 9.17. The van der Waals surface area contributed by atoms with Gasteiger partial charge in [0.1, 0.15) is 0 Å². The molecular weight excluding hydrogens is 304 g/mol. The number of aliphatic carboxylic acids is 1. The first kappa shape index (κ1) is 20.7. The van der Waals surface area contributed by atoms with Gasteiger partial charge in [-0.3, -0.25) is 4.79 Å². The Balaban J connectivity index is 2.03. The summed E-state index contributed by atoms with van der Waals surface area (Å²) in [6.07, 6.45) is 19.8. The second-order valence-electron chi connectivity index (χ2n) is 6.32. The Kier molecular flexibility index (Phi) is 11.2. The molecule has 136 valence electrons. The van der Waals surface area contributed by atoms with E-state index in [1.165, 1.54) is 19.3 Å². The number of hydrogen-bond donors (Lipinski definition) is 2. The Hall–Kier alpha value is -1.39. The summed E-state index contributed by atoms with van der Waals surface area (Å²) >= 11 is 0. The van der Waals surface area contributed by atoms with Crippen LogP contribution in [0.15, 0.2) is 36.5 Å². The van der Waals surface area contributed by atoms with Gasteiger partial charge in [0, 0.05) is 12.8 Å². The molecule has 24 heavy (non-hydrogen) atoms. The molecule has 0 bridgehead atoms. The highest BCUT2D eigenvalue weighted by Gasteiger charge is 2.38. The lowest BCUT2D eigenvalue weighted by Gasteiger charge is -2.00. The molecule has 1 aliphatic rings. The number of aliphatic hydroxyl groups is 1. The van der Waals surface area contributed by atoms with Crippen LogP contribution >= 0.6 is 0 Å². The van der Waals surface area contributed by atoms with Gasteiger partial charge in [-0.15, -0.1) is 0 Å². The van der Waals surface area contributed by atoms with Crippen molar-refractivity contribution in [2.75, 3.05) is 0 Å². The van der Waals surface area contributed by atoms with Crippen LogP contribution in [0.1, 0.15) is 64.7 Å². The average Bonchev–Trinajstić information content (AvgIpc) is 3.27. The Labute approximate surface area is 145 Å². The summed E-state index contributed by atoms with van der Waals surface area (Å²) in [7, 11) is 0. The SMILES string of the molecule is CCCCC/C=C/C=C/[C@H](O)C[C@@H]1O[C@@H]1C/C=C/CCCC(=O)O. The van der Waals surface area contributed by atoms with E-state index in [1.807, 2.05) is 30.4 Å². The molecule has 1 rings (SSSR count). The topological polar surface area (TPSA) is 70.1 Å². The minimum atomic E-state index is -0.744. The fourth-order valence-electron chi connectivity index (χ4n) is 2.51. The molecule has 0 spiro atoms. The highest BCUT2D eigenvalue weighted by Crippen LogP contribution is 2.30. The van der Waals surface area contributed by atoms with E-state index in [2.05, 4.69) is 13.0 Å². The fraction of sp³-hybridized carbons (Fsp3) is 0.650. The molecule has 1 heterocycles. The first-order valence-corrected chi connectivity index (χ1v) is 9.17. The number of unbranched alkanes of at least 4 members (excludes halogenated alkanes) is 4. The van der Waals surface area contributed by atoms with Crippen LogP contribution in [0.25, 0.3) is 0 Å². The largest absolute Gasteiger partial charge is 0.481 e. The van der Waals surface area contributed by atoms with E-state index in [9.17, 15) is 9.90 Å². The predicted octanol–water partition coefficient (Wildman–Crippen LogP) is 4.40. The number of hydrogen-bond acceptors (Lipinski definition) is 3. The molecule has 1 aliphatic heterocycles. The van der Waals surface area contributed by atoms with Gasteiger partial charge in [-0.1, -0.05) is 56.2 Å². The maximum Gasteiger partial charge on any atom is 0.303 e. The van der Waals surface area contributed by atoms with Gasteiger partial charge in [0.2, 0.25) is 0 Å². The number of aliphatic hydroxyl groups excluding tert-OH is 1. The summed E-state index contributed by atoms with van der Waals surface area (Å²) in [5.74, 6) is -0.744. The third-order valence-corrected chi connectivity index (χ3v) is 4.01. The number of carbonyl (C=O) groups is 1. The van der Waals surface area contributed by atoms with Crippen molar-refractivity contribution in [1.82, 2.24) is 0 Å². The van der Waals surface area contributed by atoms with Crippen molar-refractivity contribution in [1.29, 1.82) is 0 Å². The lowest BCUT2D eigenvalue weighted by molar-refractivity contribution is -0.137. The second kappa shape index (κ2) is 13.0. The molecule has 0 aromatic heterocycles. The van der Waals surface area contributed by atoms with E-state index >= 15 is 0 Å². The molecule has 0 unspecified atom stereocenters. The van der Waals surface area contributed by atoms with Crippen LogP contribution in [0.3, 0.4) is 0 Å². The molecular formula is C20H32O4. The molecule has 4 nitrogen and oxygen atoms in total. The van der Waals surface area contributed by atoms with Crippen molar-refractivity contribution in [2.24, 2.45) is 0 Å². The first-order chi connectivity index (χ1) is 11.6. The number of epoxide rings is 1. The van der Waals surface area contributed by atoms with Gasteiger partial charge in [-0.25, -0.2) is 0 Å². The Morgan fingerprint density at radius 2 is 1.88 bits per heavy atom. The van der Waals surface area contributed by atoms with Crippen LogP contribution in [0.5, 0.6) is 0 Å². The van der Waals surface area contributed by atoms with Crippen LogP contribution in [-0.2, 0) is 9.53 Å². The van der Waals surface area contributed by atoms with Crippen molar-refractivity contribution in [3.8, 4) is 0 Å². The van der Waals surface area contributed by atoms with Crippen molar-refractivity contribution in [3.63, 3.8) is 0 Å². The van der Waals surface area contributed by atoms with Gasteiger partial charge in [0.25, 0.3) is 0 Å². The predicted molar refractivity (Wildman–Crippen MR) is 97.0 cm³/mol. The van der Waals surface area contributed by atoms with E-state index in [-0.39, 0.29) is 18.6 Å². The molecule has 4 heteroatoms. The summed E-state index contributed by atoms with van der Waals surface area (Å²) in [4.78, 5) is 10.4. The number of carboxylic acid groups (broad SMARTS) is 1. The number of rotatable bonds is 14. The summed E-state index contributed by atoms with van der Waals surface area (Å²) in [5, 5.41) is 18.5. The number of carboxylic acids is 1. The lowest BCUT2D eigenvalue weighted by atomic mass is 10.1. The molecule has 0 aromatic rings. The van der Waals surface area contributed by atoms with E-state index < -0.39 is 12.1 Å². The van der Waals surface area contributed by atoms with Crippen LogP contribution < -0.4 is 0 Å². The molecule has 0 radical (unpaired) electrons. The van der Waals surface area contributed by atoms with Crippen molar-refractivity contribution >= 4 is 5.97 Å². The van der Waals surface area contributed by atoms with Gasteiger partial charge in [0.05, 0.1) is 18.3 Å². The van der Waals surface area contributed by atoms with Gasteiger partial charge in [-0.05, 0) is 32.1 Å².